The van der Waals surface area contributed by atoms with Crippen LogP contribution in [0.25, 0.3) is 0 Å². The molecule has 2 aromatic carbocycles. The molecule has 1 amide bonds. The van der Waals surface area contributed by atoms with Crippen molar-refractivity contribution in [2.24, 2.45) is 5.92 Å². The van der Waals surface area contributed by atoms with Crippen LogP contribution in [0.2, 0.25) is 5.02 Å². The molecular weight excluding hydrogens is 457 g/mol. The fourth-order valence-corrected chi connectivity index (χ4v) is 3.81. The lowest BCUT2D eigenvalue weighted by atomic mass is 10.0. The minimum atomic E-state index is -1.04. The Bertz CT molecular complexity index is 994. The van der Waals surface area contributed by atoms with E-state index in [2.05, 4.69) is 0 Å². The molecule has 0 radical (unpaired) electrons. The predicted molar refractivity (Wildman–Crippen MR) is 121 cm³/mol. The molecule has 1 heterocycles. The summed E-state index contributed by atoms with van der Waals surface area (Å²) in [4.78, 5) is 39.8. The average Bonchev–Trinajstić information content (AvgIpc) is 3.19. The molecular formula is C23H23Cl2NO6. The first kappa shape index (κ1) is 23.9. The van der Waals surface area contributed by atoms with E-state index in [0.717, 1.165) is 0 Å². The fraction of sp³-hybridized carbons (Fsp3) is 0.348. The number of anilines is 1. The van der Waals surface area contributed by atoms with Gasteiger partial charge in [0.15, 0.2) is 6.10 Å². The van der Waals surface area contributed by atoms with E-state index in [0.29, 0.717) is 27.8 Å². The topological polar surface area (TPSA) is 82.1 Å². The molecule has 1 aliphatic rings. The standard InChI is InChI=1S/C23H23Cl2NO6/c1-30-17-7-8-18(20(12-17)31-2)26-13-15(11-21(26)27)23(29)32-19(9-10-24)22(28)14-3-5-16(25)6-4-14/h3-8,12,15,19H,9-11,13H2,1-2H3/t15-,19-/m0/s1. The summed E-state index contributed by atoms with van der Waals surface area (Å²) in [5.74, 6) is -0.781. The van der Waals surface area contributed by atoms with E-state index in [9.17, 15) is 14.4 Å². The smallest absolute Gasteiger partial charge is 0.312 e. The van der Waals surface area contributed by atoms with E-state index in [4.69, 9.17) is 37.4 Å². The van der Waals surface area contributed by atoms with E-state index in [1.807, 2.05) is 0 Å². The number of rotatable bonds is 9. The number of nitrogens with zero attached hydrogens (tertiary/aromatic N) is 1. The van der Waals surface area contributed by atoms with Gasteiger partial charge in [0.2, 0.25) is 11.7 Å². The summed E-state index contributed by atoms with van der Waals surface area (Å²) in [6.45, 7) is 0.114. The number of Topliss-reactive ketones (excluding diaryl/α,β-unsaturated/α-hetero) is 1. The molecule has 2 aromatic rings. The number of carbonyl (C=O) groups excluding carboxylic acids is 3. The quantitative estimate of drug-likeness (QED) is 0.305. The van der Waals surface area contributed by atoms with Gasteiger partial charge in [0.05, 0.1) is 25.8 Å². The maximum Gasteiger partial charge on any atom is 0.312 e. The number of hydrogen-bond donors (Lipinski definition) is 0. The van der Waals surface area contributed by atoms with Crippen molar-refractivity contribution >= 4 is 46.5 Å². The third-order valence-corrected chi connectivity index (χ3v) is 5.66. The molecule has 0 unspecified atom stereocenters. The Morgan fingerprint density at radius 2 is 1.84 bits per heavy atom. The Labute approximate surface area is 196 Å². The van der Waals surface area contributed by atoms with E-state index in [1.165, 1.54) is 19.1 Å². The van der Waals surface area contributed by atoms with Crippen LogP contribution in [0, 0.1) is 5.92 Å². The van der Waals surface area contributed by atoms with Crippen LogP contribution in [-0.4, -0.2) is 50.4 Å². The van der Waals surface area contributed by atoms with Crippen LogP contribution < -0.4 is 14.4 Å². The number of alkyl halides is 1. The monoisotopic (exact) mass is 479 g/mol. The number of halogens is 2. The third-order valence-electron chi connectivity index (χ3n) is 5.19. The van der Waals surface area contributed by atoms with Gasteiger partial charge in [-0.05, 0) is 36.4 Å². The Morgan fingerprint density at radius 3 is 2.47 bits per heavy atom. The number of ether oxygens (including phenoxy) is 3. The van der Waals surface area contributed by atoms with Crippen LogP contribution in [0.3, 0.4) is 0 Å². The molecule has 1 aliphatic heterocycles. The molecule has 0 bridgehead atoms. The first-order valence-corrected chi connectivity index (χ1v) is 10.9. The lowest BCUT2D eigenvalue weighted by Gasteiger charge is -2.21. The molecule has 3 rings (SSSR count). The highest BCUT2D eigenvalue weighted by Crippen LogP contribution is 2.36. The first-order valence-electron chi connectivity index (χ1n) is 9.96. The number of methoxy groups -OCH3 is 2. The van der Waals surface area contributed by atoms with Crippen LogP contribution >= 0.6 is 23.2 Å². The molecule has 1 saturated heterocycles. The van der Waals surface area contributed by atoms with E-state index < -0.39 is 18.0 Å². The van der Waals surface area contributed by atoms with Crippen molar-refractivity contribution in [3.05, 3.63) is 53.1 Å². The van der Waals surface area contributed by atoms with Gasteiger partial charge in [0.25, 0.3) is 0 Å². The van der Waals surface area contributed by atoms with E-state index in [-0.39, 0.29) is 37.0 Å². The van der Waals surface area contributed by atoms with E-state index in [1.54, 1.807) is 42.5 Å². The Morgan fingerprint density at radius 1 is 1.12 bits per heavy atom. The predicted octanol–water partition coefficient (Wildman–Crippen LogP) is 4.13. The number of hydrogen-bond acceptors (Lipinski definition) is 6. The van der Waals surface area contributed by atoms with Crippen molar-refractivity contribution in [1.82, 2.24) is 0 Å². The molecule has 7 nitrogen and oxygen atoms in total. The van der Waals surface area contributed by atoms with Gasteiger partial charge >= 0.3 is 5.97 Å². The SMILES string of the molecule is COc1ccc(N2C[C@@H](C(=O)O[C@@H](CCCl)C(=O)c3ccc(Cl)cc3)CC2=O)c(OC)c1. The number of carbonyl (C=O) groups is 3. The molecule has 0 saturated carbocycles. The Balaban J connectivity index is 1.73. The number of esters is 1. The minimum Gasteiger partial charge on any atom is -0.497 e. The molecule has 170 valence electrons. The van der Waals surface area contributed by atoms with Crippen LogP contribution in [0.4, 0.5) is 5.69 Å². The van der Waals surface area contributed by atoms with Gasteiger partial charge in [0, 0.05) is 41.9 Å². The maximum atomic E-state index is 12.8. The largest absolute Gasteiger partial charge is 0.497 e. The van der Waals surface area contributed by atoms with Gasteiger partial charge in [-0.1, -0.05) is 11.6 Å². The summed E-state index contributed by atoms with van der Waals surface area (Å²) >= 11 is 11.7. The molecule has 9 heteroatoms. The summed E-state index contributed by atoms with van der Waals surface area (Å²) in [6, 6.07) is 11.4. The highest BCUT2D eigenvalue weighted by molar-refractivity contribution is 6.30. The molecule has 2 atom stereocenters. The van der Waals surface area contributed by atoms with Crippen molar-refractivity contribution < 1.29 is 28.6 Å². The molecule has 1 fully saturated rings. The van der Waals surface area contributed by atoms with Gasteiger partial charge in [-0.3, -0.25) is 14.4 Å². The second-order valence-electron chi connectivity index (χ2n) is 7.22. The second kappa shape index (κ2) is 10.7. The van der Waals surface area contributed by atoms with Crippen LogP contribution in [0.1, 0.15) is 23.2 Å². The Kier molecular flexibility index (Phi) is 7.99. The lowest BCUT2D eigenvalue weighted by molar-refractivity contribution is -0.151. The van der Waals surface area contributed by atoms with Crippen molar-refractivity contribution in [3.8, 4) is 11.5 Å². The average molecular weight is 480 g/mol. The molecule has 0 aliphatic carbocycles. The van der Waals surface area contributed by atoms with Crippen molar-refractivity contribution in [2.75, 3.05) is 31.5 Å². The lowest BCUT2D eigenvalue weighted by Crippen LogP contribution is -2.32. The number of amides is 1. The molecule has 0 spiro atoms. The van der Waals surface area contributed by atoms with Gasteiger partial charge < -0.3 is 19.1 Å². The van der Waals surface area contributed by atoms with Crippen molar-refractivity contribution in [1.29, 1.82) is 0 Å². The van der Waals surface area contributed by atoms with E-state index >= 15 is 0 Å². The number of benzene rings is 2. The van der Waals surface area contributed by atoms with Crippen LogP contribution in [-0.2, 0) is 14.3 Å². The summed E-state index contributed by atoms with van der Waals surface area (Å²) in [7, 11) is 3.02. The van der Waals surface area contributed by atoms with Crippen molar-refractivity contribution in [3.63, 3.8) is 0 Å². The maximum absolute atomic E-state index is 12.8. The van der Waals surface area contributed by atoms with Gasteiger partial charge in [-0.25, -0.2) is 0 Å². The second-order valence-corrected chi connectivity index (χ2v) is 8.03. The molecule has 0 N–H and O–H groups in total. The third kappa shape index (κ3) is 5.34. The van der Waals surface area contributed by atoms with Crippen LogP contribution in [0.5, 0.6) is 11.5 Å². The summed E-state index contributed by atoms with van der Waals surface area (Å²) in [6.07, 6.45) is -0.914. The van der Waals surface area contributed by atoms with Crippen molar-refractivity contribution in [2.45, 2.75) is 18.9 Å². The molecule has 0 aromatic heterocycles. The fourth-order valence-electron chi connectivity index (χ4n) is 3.49. The highest BCUT2D eigenvalue weighted by Gasteiger charge is 2.39. The zero-order valence-electron chi connectivity index (χ0n) is 17.7. The molecule has 32 heavy (non-hydrogen) atoms. The van der Waals surface area contributed by atoms with Gasteiger partial charge in [-0.2, -0.15) is 0 Å². The zero-order chi connectivity index (χ0) is 23.3. The number of ketones is 1. The summed E-state index contributed by atoms with van der Waals surface area (Å²) in [5, 5.41) is 0.492. The van der Waals surface area contributed by atoms with Gasteiger partial charge in [0.1, 0.15) is 11.5 Å². The zero-order valence-corrected chi connectivity index (χ0v) is 19.2. The first-order chi connectivity index (χ1) is 15.4. The minimum absolute atomic E-state index is 0.0310. The highest BCUT2D eigenvalue weighted by atomic mass is 35.5. The normalized spacial score (nSPS) is 16.6. The summed E-state index contributed by atoms with van der Waals surface area (Å²) < 4.78 is 16.1. The van der Waals surface area contributed by atoms with Crippen LogP contribution in [0.15, 0.2) is 42.5 Å². The Hall–Kier alpha value is -2.77. The van der Waals surface area contributed by atoms with Gasteiger partial charge in [-0.15, -0.1) is 11.6 Å². The summed E-state index contributed by atoms with van der Waals surface area (Å²) in [5.41, 5.74) is 0.896.